The number of ether oxygens (including phenoxy) is 1. The summed E-state index contributed by atoms with van der Waals surface area (Å²) < 4.78 is 7.51. The van der Waals surface area contributed by atoms with Gasteiger partial charge in [-0.25, -0.2) is 0 Å². The van der Waals surface area contributed by atoms with Crippen LogP contribution in [0.3, 0.4) is 0 Å². The van der Waals surface area contributed by atoms with Crippen molar-refractivity contribution in [2.75, 3.05) is 27.2 Å². The minimum Gasteiger partial charge on any atom is -0.497 e. The number of methoxy groups -OCH3 is 1. The zero-order valence-electron chi connectivity index (χ0n) is 17.8. The number of nitrogens with zero attached hydrogens (tertiary/aromatic N) is 4. The maximum atomic E-state index is 6.30. The van der Waals surface area contributed by atoms with Crippen molar-refractivity contribution in [3.05, 3.63) is 40.4 Å². The largest absolute Gasteiger partial charge is 0.497 e. The quantitative estimate of drug-likeness (QED) is 0.229. The Morgan fingerprint density at radius 2 is 2.00 bits per heavy atom. The van der Waals surface area contributed by atoms with Crippen LogP contribution < -0.4 is 15.4 Å². The molecule has 1 aliphatic rings. The van der Waals surface area contributed by atoms with Gasteiger partial charge in [-0.05, 0) is 43.4 Å². The fraction of sp³-hybridized carbons (Fsp3) is 0.571. The molecule has 7 nitrogen and oxygen atoms in total. The topological polar surface area (TPSA) is 76.4 Å². The van der Waals surface area contributed by atoms with Crippen molar-refractivity contribution >= 4 is 41.5 Å². The van der Waals surface area contributed by atoms with Gasteiger partial charge in [0.25, 0.3) is 0 Å². The molecule has 0 aliphatic carbocycles. The lowest BCUT2D eigenvalue weighted by molar-refractivity contribution is 0.414. The number of aromatic nitrogens is 3. The van der Waals surface area contributed by atoms with Crippen molar-refractivity contribution in [2.45, 2.75) is 51.5 Å². The van der Waals surface area contributed by atoms with E-state index in [0.29, 0.717) is 0 Å². The van der Waals surface area contributed by atoms with E-state index in [0.717, 1.165) is 79.3 Å². The number of fused-ring (bicyclic) bond motifs is 1. The third kappa shape index (κ3) is 7.01. The second-order valence-corrected chi connectivity index (χ2v) is 7.64. The molecule has 0 radical (unpaired) electrons. The Kier molecular flexibility index (Phi) is 10.7. The van der Waals surface area contributed by atoms with Gasteiger partial charge < -0.3 is 19.9 Å². The second-order valence-electron chi connectivity index (χ2n) is 7.23. The lowest BCUT2D eigenvalue weighted by atomic mass is 10.1. The van der Waals surface area contributed by atoms with Crippen LogP contribution in [-0.2, 0) is 25.8 Å². The van der Waals surface area contributed by atoms with Crippen molar-refractivity contribution < 1.29 is 4.74 Å². The first kappa shape index (κ1) is 24.7. The maximum Gasteiger partial charge on any atom is 0.190 e. The van der Waals surface area contributed by atoms with Crippen LogP contribution in [0.2, 0.25) is 5.02 Å². The van der Waals surface area contributed by atoms with Gasteiger partial charge in [-0.1, -0.05) is 24.1 Å². The molecule has 0 saturated carbocycles. The van der Waals surface area contributed by atoms with Crippen LogP contribution in [0.1, 0.15) is 42.9 Å². The SMILES string of the molecule is CN=C(NCCCc1nnc2n1CCCCC2)NCCc1ccc(OC)cc1Cl.I. The van der Waals surface area contributed by atoms with E-state index in [1.54, 1.807) is 14.2 Å². The van der Waals surface area contributed by atoms with Crippen molar-refractivity contribution in [3.8, 4) is 5.75 Å². The van der Waals surface area contributed by atoms with E-state index in [9.17, 15) is 0 Å². The molecule has 2 aromatic rings. The van der Waals surface area contributed by atoms with Gasteiger partial charge in [-0.2, -0.15) is 0 Å². The molecule has 2 heterocycles. The van der Waals surface area contributed by atoms with E-state index in [2.05, 4.69) is 30.4 Å². The maximum absolute atomic E-state index is 6.30. The molecule has 3 rings (SSSR count). The highest BCUT2D eigenvalue weighted by Gasteiger charge is 2.14. The first-order valence-corrected chi connectivity index (χ1v) is 10.8. The minimum atomic E-state index is 0. The molecule has 0 saturated heterocycles. The van der Waals surface area contributed by atoms with Crippen molar-refractivity contribution in [1.29, 1.82) is 0 Å². The summed E-state index contributed by atoms with van der Waals surface area (Å²) in [6.45, 7) is 2.65. The molecule has 1 aromatic heterocycles. The van der Waals surface area contributed by atoms with E-state index in [1.165, 1.54) is 19.3 Å². The number of nitrogens with one attached hydrogen (secondary N) is 2. The zero-order chi connectivity index (χ0) is 20.5. The van der Waals surface area contributed by atoms with Crippen molar-refractivity contribution in [2.24, 2.45) is 4.99 Å². The Morgan fingerprint density at radius 3 is 2.77 bits per heavy atom. The van der Waals surface area contributed by atoms with Gasteiger partial charge in [0.1, 0.15) is 17.4 Å². The molecule has 0 atom stereocenters. The molecule has 2 N–H and O–H groups in total. The van der Waals surface area contributed by atoms with E-state index in [1.807, 2.05) is 18.2 Å². The molecule has 0 spiro atoms. The third-order valence-electron chi connectivity index (χ3n) is 5.23. The Hall–Kier alpha value is -1.55. The van der Waals surface area contributed by atoms with Gasteiger partial charge in [0.15, 0.2) is 5.96 Å². The summed E-state index contributed by atoms with van der Waals surface area (Å²) in [6.07, 6.45) is 7.53. The van der Waals surface area contributed by atoms with E-state index in [4.69, 9.17) is 16.3 Å². The normalized spacial score (nSPS) is 13.8. The van der Waals surface area contributed by atoms with Gasteiger partial charge in [0.05, 0.1) is 7.11 Å². The molecule has 0 fully saturated rings. The first-order valence-electron chi connectivity index (χ1n) is 10.4. The standard InChI is InChI=1S/C21H31ClN6O.HI/c1-23-21(25-13-11-16-9-10-17(29-2)15-18(16)22)24-12-6-8-20-27-26-19-7-4-3-5-14-28(19)20;/h9-10,15H,3-8,11-14H2,1-2H3,(H2,23,24,25);1H. The summed E-state index contributed by atoms with van der Waals surface area (Å²) in [5.74, 6) is 3.84. The van der Waals surface area contributed by atoms with E-state index in [-0.39, 0.29) is 24.0 Å². The van der Waals surface area contributed by atoms with E-state index >= 15 is 0 Å². The van der Waals surface area contributed by atoms with Gasteiger partial charge in [0.2, 0.25) is 0 Å². The Labute approximate surface area is 201 Å². The molecule has 0 amide bonds. The molecule has 1 aromatic carbocycles. The van der Waals surface area contributed by atoms with Gasteiger partial charge in [-0.15, -0.1) is 34.2 Å². The number of benzene rings is 1. The minimum absolute atomic E-state index is 0. The number of hydrogen-bond donors (Lipinski definition) is 2. The number of rotatable bonds is 8. The van der Waals surface area contributed by atoms with Crippen LogP contribution in [0.4, 0.5) is 0 Å². The molecule has 166 valence electrons. The number of halogens is 2. The third-order valence-corrected chi connectivity index (χ3v) is 5.58. The molecular formula is C21H32ClIN6O. The molecule has 9 heteroatoms. The lowest BCUT2D eigenvalue weighted by Crippen LogP contribution is -2.38. The fourth-order valence-corrected chi connectivity index (χ4v) is 3.84. The van der Waals surface area contributed by atoms with Crippen molar-refractivity contribution in [3.63, 3.8) is 0 Å². The predicted molar refractivity (Wildman–Crippen MR) is 132 cm³/mol. The second kappa shape index (κ2) is 13.0. The summed E-state index contributed by atoms with van der Waals surface area (Å²) in [5, 5.41) is 16.2. The smallest absolute Gasteiger partial charge is 0.190 e. The molecule has 30 heavy (non-hydrogen) atoms. The van der Waals surface area contributed by atoms with Crippen LogP contribution in [0.15, 0.2) is 23.2 Å². The summed E-state index contributed by atoms with van der Waals surface area (Å²) in [6, 6.07) is 5.77. The van der Waals surface area contributed by atoms with Gasteiger partial charge >= 0.3 is 0 Å². The summed E-state index contributed by atoms with van der Waals surface area (Å²) in [4.78, 5) is 4.29. The summed E-state index contributed by atoms with van der Waals surface area (Å²) in [7, 11) is 3.43. The Bertz CT molecular complexity index is 826. The average Bonchev–Trinajstić information content (AvgIpc) is 2.96. The highest BCUT2D eigenvalue weighted by molar-refractivity contribution is 14.0. The Morgan fingerprint density at radius 1 is 1.17 bits per heavy atom. The predicted octanol–water partition coefficient (Wildman–Crippen LogP) is 3.62. The molecule has 0 unspecified atom stereocenters. The summed E-state index contributed by atoms with van der Waals surface area (Å²) >= 11 is 6.30. The van der Waals surface area contributed by atoms with Crippen LogP contribution in [0, 0.1) is 0 Å². The van der Waals surface area contributed by atoms with Crippen LogP contribution in [-0.4, -0.2) is 48.0 Å². The van der Waals surface area contributed by atoms with Gasteiger partial charge in [0, 0.05) is 44.5 Å². The summed E-state index contributed by atoms with van der Waals surface area (Å²) in [5.41, 5.74) is 1.09. The highest BCUT2D eigenvalue weighted by Crippen LogP contribution is 2.22. The number of aliphatic imine (C=N–C) groups is 1. The first-order chi connectivity index (χ1) is 14.2. The highest BCUT2D eigenvalue weighted by atomic mass is 127. The molecule has 0 bridgehead atoms. The fourth-order valence-electron chi connectivity index (χ4n) is 3.58. The monoisotopic (exact) mass is 546 g/mol. The number of aryl methyl sites for hydroxylation is 2. The lowest BCUT2D eigenvalue weighted by Gasteiger charge is -2.13. The number of guanidine groups is 1. The average molecular weight is 547 g/mol. The molecular weight excluding hydrogens is 515 g/mol. The Balaban J connectivity index is 0.00000320. The van der Waals surface area contributed by atoms with Gasteiger partial charge in [-0.3, -0.25) is 4.99 Å². The van der Waals surface area contributed by atoms with Crippen LogP contribution in [0.25, 0.3) is 0 Å². The zero-order valence-corrected chi connectivity index (χ0v) is 20.9. The van der Waals surface area contributed by atoms with Crippen LogP contribution >= 0.6 is 35.6 Å². The number of hydrogen-bond acceptors (Lipinski definition) is 4. The van der Waals surface area contributed by atoms with Crippen LogP contribution in [0.5, 0.6) is 5.75 Å². The van der Waals surface area contributed by atoms with Crippen molar-refractivity contribution in [1.82, 2.24) is 25.4 Å². The van der Waals surface area contributed by atoms with E-state index < -0.39 is 0 Å². The molecule has 1 aliphatic heterocycles.